The molecule has 1 aromatic rings. The van der Waals surface area contributed by atoms with Gasteiger partial charge < -0.3 is 15.2 Å². The molecule has 0 fully saturated rings. The Hall–Kier alpha value is -1.82. The molecule has 0 aromatic heterocycles. The smallest absolute Gasteiger partial charge is 0.275 e. The van der Waals surface area contributed by atoms with Crippen LogP contribution in [0, 0.1) is 10.1 Å². The van der Waals surface area contributed by atoms with Crippen LogP contribution in [0.5, 0.6) is 5.75 Å². The highest BCUT2D eigenvalue weighted by molar-refractivity contribution is 5.56. The molecule has 6 nitrogen and oxygen atoms in total. The number of anilines is 1. The standard InChI is InChI=1S/C13H20N2O4/c1-3-6-19-13-8-11(14-5-4-10(2)16)7-12(9-13)15(17)18/h7-10,14,16H,3-6H2,1-2H3. The van der Waals surface area contributed by atoms with Gasteiger partial charge in [0.15, 0.2) is 0 Å². The molecule has 2 N–H and O–H groups in total. The van der Waals surface area contributed by atoms with Gasteiger partial charge in [0.1, 0.15) is 5.75 Å². The third kappa shape index (κ3) is 5.56. The molecule has 6 heteroatoms. The van der Waals surface area contributed by atoms with Crippen LogP contribution in [0.25, 0.3) is 0 Å². The monoisotopic (exact) mass is 268 g/mol. The lowest BCUT2D eigenvalue weighted by atomic mass is 10.2. The van der Waals surface area contributed by atoms with Crippen molar-refractivity contribution < 1.29 is 14.8 Å². The number of hydrogen-bond acceptors (Lipinski definition) is 5. The SMILES string of the molecule is CCCOc1cc(NCCC(C)O)cc([N+](=O)[O-])c1. The first-order valence-corrected chi connectivity index (χ1v) is 6.37. The quantitative estimate of drug-likeness (QED) is 0.559. The van der Waals surface area contributed by atoms with Crippen LogP contribution in [0.2, 0.25) is 0 Å². The van der Waals surface area contributed by atoms with E-state index < -0.39 is 11.0 Å². The molecule has 1 unspecified atom stereocenters. The van der Waals surface area contributed by atoms with Crippen LogP contribution in [0.15, 0.2) is 18.2 Å². The normalized spacial score (nSPS) is 11.9. The number of non-ortho nitro benzene ring substituents is 1. The molecular weight excluding hydrogens is 248 g/mol. The first kappa shape index (κ1) is 15.2. The first-order chi connectivity index (χ1) is 9.02. The zero-order chi connectivity index (χ0) is 14.3. The molecule has 1 aromatic carbocycles. The Morgan fingerprint density at radius 1 is 1.47 bits per heavy atom. The van der Waals surface area contributed by atoms with E-state index in [9.17, 15) is 15.2 Å². The summed E-state index contributed by atoms with van der Waals surface area (Å²) in [5.41, 5.74) is 0.620. The molecule has 1 rings (SSSR count). The Labute approximate surface area is 112 Å². The molecular formula is C13H20N2O4. The minimum absolute atomic E-state index is 0.00634. The Kier molecular flexibility index (Phi) is 6.08. The molecule has 0 aliphatic heterocycles. The zero-order valence-corrected chi connectivity index (χ0v) is 11.3. The summed E-state index contributed by atoms with van der Waals surface area (Å²) in [5, 5.41) is 23.1. The van der Waals surface area contributed by atoms with Gasteiger partial charge in [0, 0.05) is 24.4 Å². The third-order valence-electron chi connectivity index (χ3n) is 2.47. The topological polar surface area (TPSA) is 84.6 Å². The number of aliphatic hydroxyl groups excluding tert-OH is 1. The third-order valence-corrected chi connectivity index (χ3v) is 2.47. The predicted octanol–water partition coefficient (Wildman–Crippen LogP) is 2.57. The van der Waals surface area contributed by atoms with E-state index in [0.29, 0.717) is 31.0 Å². The van der Waals surface area contributed by atoms with Gasteiger partial charge in [-0.2, -0.15) is 0 Å². The van der Waals surface area contributed by atoms with Gasteiger partial charge in [0.25, 0.3) is 5.69 Å². The maximum Gasteiger partial charge on any atom is 0.275 e. The van der Waals surface area contributed by atoms with Gasteiger partial charge in [0.2, 0.25) is 0 Å². The highest BCUT2D eigenvalue weighted by atomic mass is 16.6. The summed E-state index contributed by atoms with van der Waals surface area (Å²) in [6.07, 6.45) is 1.02. The average Bonchev–Trinajstić information content (AvgIpc) is 2.35. The van der Waals surface area contributed by atoms with Crippen LogP contribution in [0.4, 0.5) is 11.4 Å². The van der Waals surface area contributed by atoms with Crippen LogP contribution in [-0.4, -0.2) is 29.3 Å². The number of nitro groups is 1. The molecule has 106 valence electrons. The van der Waals surface area contributed by atoms with E-state index in [1.165, 1.54) is 12.1 Å². The summed E-state index contributed by atoms with van der Waals surface area (Å²) in [4.78, 5) is 10.4. The number of rotatable bonds is 8. The zero-order valence-electron chi connectivity index (χ0n) is 11.3. The van der Waals surface area contributed by atoms with Gasteiger partial charge in [-0.25, -0.2) is 0 Å². The molecule has 0 aliphatic carbocycles. The summed E-state index contributed by atoms with van der Waals surface area (Å²) < 4.78 is 5.42. The highest BCUT2D eigenvalue weighted by Crippen LogP contribution is 2.26. The lowest BCUT2D eigenvalue weighted by molar-refractivity contribution is -0.384. The summed E-state index contributed by atoms with van der Waals surface area (Å²) in [6, 6.07) is 4.60. The fourth-order valence-electron chi connectivity index (χ4n) is 1.52. The van der Waals surface area contributed by atoms with Gasteiger partial charge in [-0.15, -0.1) is 0 Å². The van der Waals surface area contributed by atoms with E-state index in [1.54, 1.807) is 13.0 Å². The van der Waals surface area contributed by atoms with Crippen molar-refractivity contribution in [3.63, 3.8) is 0 Å². The van der Waals surface area contributed by atoms with E-state index in [2.05, 4.69) is 5.32 Å². The van der Waals surface area contributed by atoms with Crippen LogP contribution < -0.4 is 10.1 Å². The second-order valence-electron chi connectivity index (χ2n) is 4.39. The highest BCUT2D eigenvalue weighted by Gasteiger charge is 2.10. The van der Waals surface area contributed by atoms with Crippen LogP contribution in [-0.2, 0) is 0 Å². The fraction of sp³-hybridized carbons (Fsp3) is 0.538. The van der Waals surface area contributed by atoms with Gasteiger partial charge in [0.05, 0.1) is 23.7 Å². The fourth-order valence-corrected chi connectivity index (χ4v) is 1.52. The summed E-state index contributed by atoms with van der Waals surface area (Å²) >= 11 is 0. The van der Waals surface area contributed by atoms with Gasteiger partial charge in [-0.3, -0.25) is 10.1 Å². The van der Waals surface area contributed by atoms with Gasteiger partial charge in [-0.1, -0.05) is 6.92 Å². The number of aliphatic hydroxyl groups is 1. The molecule has 0 bridgehead atoms. The summed E-state index contributed by atoms with van der Waals surface area (Å²) in [5.74, 6) is 0.482. The molecule has 0 spiro atoms. The molecule has 1 atom stereocenters. The number of ether oxygens (including phenoxy) is 1. The van der Waals surface area contributed by atoms with E-state index >= 15 is 0 Å². The van der Waals surface area contributed by atoms with Crippen LogP contribution >= 0.6 is 0 Å². The van der Waals surface area contributed by atoms with Crippen molar-refractivity contribution in [3.05, 3.63) is 28.3 Å². The van der Waals surface area contributed by atoms with Gasteiger partial charge in [-0.05, 0) is 19.8 Å². The molecule has 0 radical (unpaired) electrons. The lowest BCUT2D eigenvalue weighted by Crippen LogP contribution is -2.10. The largest absolute Gasteiger partial charge is 0.493 e. The number of nitrogens with zero attached hydrogens (tertiary/aromatic N) is 1. The van der Waals surface area contributed by atoms with Crippen molar-refractivity contribution in [2.45, 2.75) is 32.8 Å². The number of benzene rings is 1. The molecule has 0 heterocycles. The van der Waals surface area contributed by atoms with E-state index in [4.69, 9.17) is 4.74 Å². The molecule has 0 saturated heterocycles. The van der Waals surface area contributed by atoms with E-state index in [-0.39, 0.29) is 5.69 Å². The van der Waals surface area contributed by atoms with Crippen molar-refractivity contribution in [1.82, 2.24) is 0 Å². The molecule has 19 heavy (non-hydrogen) atoms. The predicted molar refractivity (Wildman–Crippen MR) is 73.7 cm³/mol. The molecule has 0 amide bonds. The second-order valence-corrected chi connectivity index (χ2v) is 4.39. The summed E-state index contributed by atoms with van der Waals surface area (Å²) in [7, 11) is 0. The maximum absolute atomic E-state index is 10.8. The second kappa shape index (κ2) is 7.58. The van der Waals surface area contributed by atoms with Crippen LogP contribution in [0.3, 0.4) is 0 Å². The van der Waals surface area contributed by atoms with E-state index in [1.807, 2.05) is 6.92 Å². The Morgan fingerprint density at radius 3 is 2.79 bits per heavy atom. The van der Waals surface area contributed by atoms with Gasteiger partial charge >= 0.3 is 0 Å². The Balaban J connectivity index is 2.77. The number of nitrogens with one attached hydrogen (secondary N) is 1. The van der Waals surface area contributed by atoms with Crippen LogP contribution in [0.1, 0.15) is 26.7 Å². The maximum atomic E-state index is 10.8. The number of hydrogen-bond donors (Lipinski definition) is 2. The first-order valence-electron chi connectivity index (χ1n) is 6.37. The van der Waals surface area contributed by atoms with Crippen molar-refractivity contribution in [2.75, 3.05) is 18.5 Å². The van der Waals surface area contributed by atoms with Crippen molar-refractivity contribution in [3.8, 4) is 5.75 Å². The molecule has 0 aliphatic rings. The average molecular weight is 268 g/mol. The molecule has 0 saturated carbocycles. The van der Waals surface area contributed by atoms with Crippen molar-refractivity contribution in [1.29, 1.82) is 0 Å². The van der Waals surface area contributed by atoms with Crippen molar-refractivity contribution in [2.24, 2.45) is 0 Å². The number of nitro benzene ring substituents is 1. The van der Waals surface area contributed by atoms with Crippen molar-refractivity contribution >= 4 is 11.4 Å². The minimum atomic E-state index is -0.446. The Morgan fingerprint density at radius 2 is 2.21 bits per heavy atom. The lowest BCUT2D eigenvalue weighted by Gasteiger charge is -2.10. The summed E-state index contributed by atoms with van der Waals surface area (Å²) in [6.45, 7) is 4.74. The minimum Gasteiger partial charge on any atom is -0.493 e. The van der Waals surface area contributed by atoms with E-state index in [0.717, 1.165) is 6.42 Å². The Bertz CT molecular complexity index is 421.